The third-order valence-electron chi connectivity index (χ3n) is 4.21. The molecule has 2 N–H and O–H groups in total. The van der Waals surface area contributed by atoms with Gasteiger partial charge in [-0.25, -0.2) is 4.98 Å². The predicted octanol–water partition coefficient (Wildman–Crippen LogP) is 2.41. The summed E-state index contributed by atoms with van der Waals surface area (Å²) in [7, 11) is 0. The van der Waals surface area contributed by atoms with Crippen LogP contribution in [0.4, 0.5) is 0 Å². The van der Waals surface area contributed by atoms with Crippen LogP contribution in [0, 0.1) is 0 Å². The third-order valence-corrected chi connectivity index (χ3v) is 4.21. The fraction of sp³-hybridized carbons (Fsp3) is 0.389. The van der Waals surface area contributed by atoms with Crippen LogP contribution in [-0.2, 0) is 4.79 Å². The van der Waals surface area contributed by atoms with Gasteiger partial charge in [0.1, 0.15) is 5.69 Å². The molecule has 1 heterocycles. The summed E-state index contributed by atoms with van der Waals surface area (Å²) in [4.78, 5) is 28.4. The Labute approximate surface area is 135 Å². The van der Waals surface area contributed by atoms with E-state index in [2.05, 4.69) is 15.6 Å². The van der Waals surface area contributed by atoms with Crippen LogP contribution >= 0.6 is 0 Å². The first kappa shape index (κ1) is 15.5. The second-order valence-corrected chi connectivity index (χ2v) is 5.97. The first-order valence-corrected chi connectivity index (χ1v) is 8.16. The molecule has 0 unspecified atom stereocenters. The van der Waals surface area contributed by atoms with Crippen LogP contribution in [0.5, 0.6) is 0 Å². The van der Waals surface area contributed by atoms with Crippen LogP contribution in [-0.4, -0.2) is 29.4 Å². The normalized spacial score (nSPS) is 15.3. The van der Waals surface area contributed by atoms with Crippen molar-refractivity contribution in [2.75, 3.05) is 6.54 Å². The van der Waals surface area contributed by atoms with Crippen LogP contribution in [0.2, 0.25) is 0 Å². The van der Waals surface area contributed by atoms with Gasteiger partial charge in [0, 0.05) is 11.4 Å². The second-order valence-electron chi connectivity index (χ2n) is 5.97. The van der Waals surface area contributed by atoms with Gasteiger partial charge in [-0.2, -0.15) is 0 Å². The van der Waals surface area contributed by atoms with E-state index in [1.807, 2.05) is 30.3 Å². The van der Waals surface area contributed by atoms with Crippen molar-refractivity contribution in [3.63, 3.8) is 0 Å². The van der Waals surface area contributed by atoms with Crippen LogP contribution in [0.25, 0.3) is 10.9 Å². The molecule has 5 heteroatoms. The van der Waals surface area contributed by atoms with Crippen molar-refractivity contribution >= 4 is 22.7 Å². The number of hydrogen-bond donors (Lipinski definition) is 2. The average Bonchev–Trinajstić information content (AvgIpc) is 2.60. The summed E-state index contributed by atoms with van der Waals surface area (Å²) in [6.45, 7) is -0.0101. The van der Waals surface area contributed by atoms with E-state index in [0.29, 0.717) is 5.69 Å². The number of nitrogens with zero attached hydrogens (tertiary/aromatic N) is 1. The lowest BCUT2D eigenvalue weighted by Crippen LogP contribution is -2.42. The van der Waals surface area contributed by atoms with E-state index in [0.717, 1.165) is 36.6 Å². The summed E-state index contributed by atoms with van der Waals surface area (Å²) in [5.41, 5.74) is 1.10. The number of hydrogen-bond acceptors (Lipinski definition) is 3. The minimum absolute atomic E-state index is 0.0101. The fourth-order valence-electron chi connectivity index (χ4n) is 2.97. The number of nitrogens with one attached hydrogen (secondary N) is 2. The van der Waals surface area contributed by atoms with Gasteiger partial charge < -0.3 is 10.6 Å². The van der Waals surface area contributed by atoms with Crippen molar-refractivity contribution in [2.24, 2.45) is 0 Å². The Balaban J connectivity index is 1.54. The smallest absolute Gasteiger partial charge is 0.270 e. The number of benzene rings is 1. The second kappa shape index (κ2) is 7.22. The molecule has 1 fully saturated rings. The molecule has 2 aromatic rings. The minimum atomic E-state index is -0.324. The number of rotatable bonds is 4. The van der Waals surface area contributed by atoms with Gasteiger partial charge in [-0.15, -0.1) is 0 Å². The molecule has 2 amide bonds. The molecule has 1 aliphatic carbocycles. The fourth-order valence-corrected chi connectivity index (χ4v) is 2.97. The van der Waals surface area contributed by atoms with Gasteiger partial charge in [0.15, 0.2) is 0 Å². The molecule has 23 heavy (non-hydrogen) atoms. The Morgan fingerprint density at radius 1 is 1.04 bits per heavy atom. The van der Waals surface area contributed by atoms with Crippen molar-refractivity contribution in [3.05, 3.63) is 42.1 Å². The first-order valence-electron chi connectivity index (χ1n) is 8.16. The average molecular weight is 311 g/mol. The maximum atomic E-state index is 12.1. The summed E-state index contributed by atoms with van der Waals surface area (Å²) in [6.07, 6.45) is 5.64. The molecule has 0 aliphatic heterocycles. The Morgan fingerprint density at radius 2 is 1.83 bits per heavy atom. The molecule has 1 saturated carbocycles. The number of para-hydroxylation sites is 1. The van der Waals surface area contributed by atoms with E-state index in [4.69, 9.17) is 0 Å². The highest BCUT2D eigenvalue weighted by molar-refractivity contribution is 5.96. The lowest BCUT2D eigenvalue weighted by atomic mass is 9.95. The Bertz CT molecular complexity index is 708. The molecule has 1 aliphatic rings. The molecule has 0 saturated heterocycles. The van der Waals surface area contributed by atoms with E-state index in [1.54, 1.807) is 6.07 Å². The summed E-state index contributed by atoms with van der Waals surface area (Å²) in [6, 6.07) is 11.4. The number of amides is 2. The Kier molecular flexibility index (Phi) is 4.86. The van der Waals surface area contributed by atoms with Crippen molar-refractivity contribution in [3.8, 4) is 0 Å². The zero-order valence-corrected chi connectivity index (χ0v) is 13.0. The molecule has 0 atom stereocenters. The van der Waals surface area contributed by atoms with Gasteiger partial charge in [-0.05, 0) is 25.0 Å². The summed E-state index contributed by atoms with van der Waals surface area (Å²) < 4.78 is 0. The number of carbonyl (C=O) groups excluding carboxylic acids is 2. The third kappa shape index (κ3) is 4.06. The highest BCUT2D eigenvalue weighted by Crippen LogP contribution is 2.17. The maximum absolute atomic E-state index is 12.1. The molecule has 5 nitrogen and oxygen atoms in total. The number of fused-ring (bicyclic) bond motifs is 1. The van der Waals surface area contributed by atoms with Crippen molar-refractivity contribution in [1.29, 1.82) is 0 Å². The van der Waals surface area contributed by atoms with Gasteiger partial charge in [0.05, 0.1) is 12.1 Å². The van der Waals surface area contributed by atoms with E-state index >= 15 is 0 Å². The summed E-state index contributed by atoms with van der Waals surface area (Å²) in [5, 5.41) is 6.61. The molecule has 120 valence electrons. The first-order chi connectivity index (χ1) is 11.2. The van der Waals surface area contributed by atoms with Gasteiger partial charge in [0.25, 0.3) is 5.91 Å². The molecule has 3 rings (SSSR count). The zero-order valence-electron chi connectivity index (χ0n) is 13.0. The monoisotopic (exact) mass is 311 g/mol. The van der Waals surface area contributed by atoms with E-state index in [1.165, 1.54) is 6.42 Å². The van der Waals surface area contributed by atoms with Gasteiger partial charge in [-0.3, -0.25) is 9.59 Å². The van der Waals surface area contributed by atoms with Crippen molar-refractivity contribution in [2.45, 2.75) is 38.1 Å². The lowest BCUT2D eigenvalue weighted by molar-refractivity contribution is -0.121. The molecular weight excluding hydrogens is 290 g/mol. The number of pyridine rings is 1. The zero-order chi connectivity index (χ0) is 16.1. The standard InChI is InChI=1S/C18H21N3O2/c22-17(20-14-7-2-1-3-8-14)12-19-18(23)16-11-10-13-6-4-5-9-15(13)21-16/h4-6,9-11,14H,1-3,7-8,12H2,(H,19,23)(H,20,22). The topological polar surface area (TPSA) is 71.1 Å². The molecule has 0 spiro atoms. The van der Waals surface area contributed by atoms with Crippen LogP contribution in [0.15, 0.2) is 36.4 Å². The Morgan fingerprint density at radius 3 is 2.65 bits per heavy atom. The van der Waals surface area contributed by atoms with Crippen LogP contribution < -0.4 is 10.6 Å². The van der Waals surface area contributed by atoms with Gasteiger partial charge >= 0.3 is 0 Å². The highest BCUT2D eigenvalue weighted by atomic mass is 16.2. The Hall–Kier alpha value is -2.43. The number of aromatic nitrogens is 1. The van der Waals surface area contributed by atoms with Gasteiger partial charge in [0.2, 0.25) is 5.91 Å². The summed E-state index contributed by atoms with van der Waals surface area (Å²) >= 11 is 0. The molecule has 0 radical (unpaired) electrons. The quantitative estimate of drug-likeness (QED) is 0.911. The lowest BCUT2D eigenvalue weighted by Gasteiger charge is -2.22. The molecule has 0 bridgehead atoms. The highest BCUT2D eigenvalue weighted by Gasteiger charge is 2.16. The predicted molar refractivity (Wildman–Crippen MR) is 89.1 cm³/mol. The summed E-state index contributed by atoms with van der Waals surface area (Å²) in [5.74, 6) is -0.458. The SMILES string of the molecule is O=C(CNC(=O)c1ccc2ccccc2n1)NC1CCCCC1. The van der Waals surface area contributed by atoms with E-state index in [-0.39, 0.29) is 24.4 Å². The van der Waals surface area contributed by atoms with Crippen LogP contribution in [0.1, 0.15) is 42.6 Å². The minimum Gasteiger partial charge on any atom is -0.352 e. The van der Waals surface area contributed by atoms with Crippen molar-refractivity contribution < 1.29 is 9.59 Å². The molecular formula is C18H21N3O2. The van der Waals surface area contributed by atoms with Crippen LogP contribution in [0.3, 0.4) is 0 Å². The largest absolute Gasteiger partial charge is 0.352 e. The maximum Gasteiger partial charge on any atom is 0.270 e. The van der Waals surface area contributed by atoms with Crippen molar-refractivity contribution in [1.82, 2.24) is 15.6 Å². The van der Waals surface area contributed by atoms with E-state index in [9.17, 15) is 9.59 Å². The van der Waals surface area contributed by atoms with Gasteiger partial charge in [-0.1, -0.05) is 43.5 Å². The molecule has 1 aromatic carbocycles. The number of carbonyl (C=O) groups is 2. The molecule has 1 aromatic heterocycles. The van der Waals surface area contributed by atoms with E-state index < -0.39 is 0 Å².